The molecule has 0 atom stereocenters. The summed E-state index contributed by atoms with van der Waals surface area (Å²) in [4.78, 5) is 35.9. The molecule has 0 radical (unpaired) electrons. The first-order chi connectivity index (χ1) is 14.5. The van der Waals surface area contributed by atoms with Crippen LogP contribution in [0.4, 0.5) is 5.69 Å². The maximum Gasteiger partial charge on any atom is 0.338 e. The zero-order valence-electron chi connectivity index (χ0n) is 16.9. The van der Waals surface area contributed by atoms with E-state index < -0.39 is 5.97 Å². The van der Waals surface area contributed by atoms with Crippen LogP contribution in [0.25, 0.3) is 10.2 Å². The summed E-state index contributed by atoms with van der Waals surface area (Å²) in [6.07, 6.45) is 5.96. The van der Waals surface area contributed by atoms with Gasteiger partial charge in [-0.15, -0.1) is 11.3 Å². The average Bonchev–Trinajstić information content (AvgIpc) is 3.11. The molecule has 1 aliphatic rings. The third-order valence-corrected chi connectivity index (χ3v) is 6.97. The van der Waals surface area contributed by atoms with Crippen molar-refractivity contribution in [3.63, 3.8) is 0 Å². The lowest BCUT2D eigenvalue weighted by Crippen LogP contribution is -2.15. The summed E-state index contributed by atoms with van der Waals surface area (Å²) in [5.41, 5.74) is 2.34. The van der Waals surface area contributed by atoms with Crippen molar-refractivity contribution in [3.05, 3.63) is 46.6 Å². The van der Waals surface area contributed by atoms with Crippen LogP contribution in [0.15, 0.2) is 35.6 Å². The van der Waals surface area contributed by atoms with Gasteiger partial charge >= 0.3 is 5.97 Å². The van der Waals surface area contributed by atoms with Gasteiger partial charge in [0.05, 0.1) is 17.4 Å². The Bertz CT molecular complexity index is 1090. The number of anilines is 1. The van der Waals surface area contributed by atoms with E-state index in [1.54, 1.807) is 55.8 Å². The number of hydrogen-bond acceptors (Lipinski definition) is 7. The normalized spacial score (nSPS) is 13.3. The molecule has 0 saturated carbocycles. The van der Waals surface area contributed by atoms with E-state index in [2.05, 4.69) is 15.3 Å². The van der Waals surface area contributed by atoms with Crippen LogP contribution in [0.5, 0.6) is 0 Å². The van der Waals surface area contributed by atoms with Gasteiger partial charge in [0.25, 0.3) is 0 Å². The Labute approximate surface area is 183 Å². The van der Waals surface area contributed by atoms with Crippen LogP contribution in [-0.4, -0.2) is 33.7 Å². The highest BCUT2D eigenvalue weighted by Crippen LogP contribution is 2.39. The van der Waals surface area contributed by atoms with E-state index >= 15 is 0 Å². The number of rotatable bonds is 6. The second-order valence-electron chi connectivity index (χ2n) is 7.44. The predicted octanol–water partition coefficient (Wildman–Crippen LogP) is 4.87. The van der Waals surface area contributed by atoms with E-state index in [0.29, 0.717) is 11.3 Å². The Hall–Kier alpha value is -2.45. The van der Waals surface area contributed by atoms with Crippen molar-refractivity contribution in [2.45, 2.75) is 50.7 Å². The molecule has 2 heterocycles. The number of hydrogen-bond donors (Lipinski definition) is 1. The molecule has 0 unspecified atom stereocenters. The van der Waals surface area contributed by atoms with Gasteiger partial charge in [0.1, 0.15) is 16.2 Å². The molecule has 0 spiro atoms. The summed E-state index contributed by atoms with van der Waals surface area (Å²) in [5.74, 6) is -0.316. The van der Waals surface area contributed by atoms with Crippen LogP contribution in [0.3, 0.4) is 0 Å². The maximum absolute atomic E-state index is 12.5. The summed E-state index contributed by atoms with van der Waals surface area (Å²) in [6, 6.07) is 6.79. The molecular weight excluding hydrogens is 418 g/mol. The van der Waals surface area contributed by atoms with Crippen molar-refractivity contribution >= 4 is 50.9 Å². The zero-order valence-corrected chi connectivity index (χ0v) is 18.6. The molecular formula is C22H23N3O3S2. The molecule has 30 heavy (non-hydrogen) atoms. The summed E-state index contributed by atoms with van der Waals surface area (Å²) in [7, 11) is 0. The van der Waals surface area contributed by atoms with E-state index in [1.807, 2.05) is 0 Å². The molecule has 3 aromatic rings. The van der Waals surface area contributed by atoms with E-state index in [9.17, 15) is 9.59 Å². The van der Waals surface area contributed by atoms with Crippen LogP contribution in [0.1, 0.15) is 47.5 Å². The van der Waals surface area contributed by atoms with Crippen molar-refractivity contribution in [2.75, 3.05) is 11.1 Å². The lowest BCUT2D eigenvalue weighted by Gasteiger charge is -2.11. The number of thioether (sulfide) groups is 1. The first-order valence-electron chi connectivity index (χ1n) is 10.00. The van der Waals surface area contributed by atoms with Crippen molar-refractivity contribution in [2.24, 2.45) is 0 Å². The number of esters is 1. The third-order valence-electron chi connectivity index (χ3n) is 4.78. The smallest absolute Gasteiger partial charge is 0.338 e. The van der Waals surface area contributed by atoms with Gasteiger partial charge in [-0.2, -0.15) is 0 Å². The van der Waals surface area contributed by atoms with Gasteiger partial charge in [-0.1, -0.05) is 17.8 Å². The van der Waals surface area contributed by atoms with Crippen LogP contribution in [-0.2, 0) is 22.4 Å². The van der Waals surface area contributed by atoms with Crippen LogP contribution in [0, 0.1) is 0 Å². The molecule has 0 saturated heterocycles. The molecule has 0 fully saturated rings. The largest absolute Gasteiger partial charge is 0.459 e. The van der Waals surface area contributed by atoms with Crippen LogP contribution >= 0.6 is 23.1 Å². The number of carbonyl (C=O) groups is 2. The molecule has 1 aromatic carbocycles. The minimum Gasteiger partial charge on any atom is -0.459 e. The maximum atomic E-state index is 12.5. The number of thiophene rings is 1. The van der Waals surface area contributed by atoms with Crippen molar-refractivity contribution in [3.8, 4) is 0 Å². The van der Waals surface area contributed by atoms with Crippen molar-refractivity contribution < 1.29 is 14.3 Å². The van der Waals surface area contributed by atoms with E-state index in [4.69, 9.17) is 4.74 Å². The number of aryl methyl sites for hydroxylation is 2. The number of benzene rings is 1. The van der Waals surface area contributed by atoms with Gasteiger partial charge in [-0.25, -0.2) is 14.8 Å². The van der Waals surface area contributed by atoms with Gasteiger partial charge in [0.15, 0.2) is 0 Å². The number of carbonyl (C=O) groups excluding carboxylic acids is 2. The number of nitrogens with zero attached hydrogens (tertiary/aromatic N) is 2. The Morgan fingerprint density at radius 3 is 2.90 bits per heavy atom. The first kappa shape index (κ1) is 20.8. The number of fused-ring (bicyclic) bond motifs is 3. The summed E-state index contributed by atoms with van der Waals surface area (Å²) < 4.78 is 5.21. The zero-order chi connectivity index (χ0) is 21.1. The second-order valence-corrected chi connectivity index (χ2v) is 9.49. The quantitative estimate of drug-likeness (QED) is 0.334. The van der Waals surface area contributed by atoms with Gasteiger partial charge in [0.2, 0.25) is 5.91 Å². The fourth-order valence-corrected chi connectivity index (χ4v) is 5.63. The van der Waals surface area contributed by atoms with E-state index in [1.165, 1.54) is 35.0 Å². The minimum atomic E-state index is -0.402. The Kier molecular flexibility index (Phi) is 6.34. The second kappa shape index (κ2) is 9.14. The molecule has 1 N–H and O–H groups in total. The molecule has 1 aliphatic carbocycles. The average molecular weight is 442 g/mol. The van der Waals surface area contributed by atoms with E-state index in [-0.39, 0.29) is 17.8 Å². The molecule has 156 valence electrons. The summed E-state index contributed by atoms with van der Waals surface area (Å²) >= 11 is 3.18. The predicted molar refractivity (Wildman–Crippen MR) is 120 cm³/mol. The third kappa shape index (κ3) is 4.65. The molecule has 4 rings (SSSR count). The fraction of sp³-hybridized carbons (Fsp3) is 0.364. The van der Waals surface area contributed by atoms with Gasteiger partial charge in [0, 0.05) is 16.0 Å². The first-order valence-corrected chi connectivity index (χ1v) is 11.8. The fourth-order valence-electron chi connectivity index (χ4n) is 3.51. The Morgan fingerprint density at radius 2 is 2.07 bits per heavy atom. The Balaban J connectivity index is 1.44. The highest BCUT2D eigenvalue weighted by atomic mass is 32.2. The lowest BCUT2D eigenvalue weighted by atomic mass is 9.97. The van der Waals surface area contributed by atoms with Gasteiger partial charge < -0.3 is 10.1 Å². The van der Waals surface area contributed by atoms with Crippen molar-refractivity contribution in [1.29, 1.82) is 0 Å². The van der Waals surface area contributed by atoms with E-state index in [0.717, 1.165) is 28.1 Å². The highest BCUT2D eigenvalue weighted by Gasteiger charge is 2.20. The minimum absolute atomic E-state index is 0.148. The van der Waals surface area contributed by atoms with Crippen LogP contribution in [0.2, 0.25) is 0 Å². The molecule has 1 amide bonds. The number of amides is 1. The molecule has 0 aliphatic heterocycles. The highest BCUT2D eigenvalue weighted by molar-refractivity contribution is 8.00. The molecule has 8 heteroatoms. The SMILES string of the molecule is CC(C)OC(=O)c1cccc(NC(=O)CSc2ncnc3sc4c(c23)CCCC4)c1. The molecule has 2 aromatic heterocycles. The number of nitrogens with one attached hydrogen (secondary N) is 1. The number of ether oxygens (including phenoxy) is 1. The molecule has 6 nitrogen and oxygen atoms in total. The topological polar surface area (TPSA) is 81.2 Å². The van der Waals surface area contributed by atoms with Crippen LogP contribution < -0.4 is 5.32 Å². The van der Waals surface area contributed by atoms with Gasteiger partial charge in [-0.05, 0) is 63.3 Å². The van der Waals surface area contributed by atoms with Gasteiger partial charge in [-0.3, -0.25) is 4.79 Å². The number of aromatic nitrogens is 2. The lowest BCUT2D eigenvalue weighted by molar-refractivity contribution is -0.113. The molecule has 0 bridgehead atoms. The van der Waals surface area contributed by atoms with Crippen molar-refractivity contribution in [1.82, 2.24) is 9.97 Å². The Morgan fingerprint density at radius 1 is 1.23 bits per heavy atom. The summed E-state index contributed by atoms with van der Waals surface area (Å²) in [6.45, 7) is 3.60. The standard InChI is InChI=1S/C22H23N3O3S2/c1-13(2)28-22(27)14-6-5-7-15(10-14)25-18(26)11-29-20-19-16-8-3-4-9-17(16)30-21(19)24-12-23-20/h5-7,10,12-13H,3-4,8-9,11H2,1-2H3,(H,25,26). The monoisotopic (exact) mass is 441 g/mol. The summed E-state index contributed by atoms with van der Waals surface area (Å²) in [5, 5.41) is 4.84.